The smallest absolute Gasteiger partial charge is 0.296 e. The number of nitrogens with zero attached hydrogens (tertiary/aromatic N) is 4. The molecule has 0 fully saturated rings. The molecule has 96 valence electrons. The monoisotopic (exact) mass is 248 g/mol. The van der Waals surface area contributed by atoms with E-state index in [1.54, 1.807) is 16.9 Å². The van der Waals surface area contributed by atoms with Gasteiger partial charge in [0.15, 0.2) is 5.82 Å². The van der Waals surface area contributed by atoms with Gasteiger partial charge >= 0.3 is 0 Å². The Morgan fingerprint density at radius 3 is 2.89 bits per heavy atom. The first-order chi connectivity index (χ1) is 8.60. The van der Waals surface area contributed by atoms with Crippen LogP contribution in [0, 0.1) is 0 Å². The molecule has 7 nitrogen and oxygen atoms in total. The molecule has 2 heterocycles. The van der Waals surface area contributed by atoms with E-state index in [0.717, 1.165) is 6.54 Å². The lowest BCUT2D eigenvalue weighted by molar-refractivity contribution is 0.101. The summed E-state index contributed by atoms with van der Waals surface area (Å²) in [6.07, 6.45) is 1.80. The second kappa shape index (κ2) is 4.99. The molecule has 18 heavy (non-hydrogen) atoms. The predicted octanol–water partition coefficient (Wildman–Crippen LogP) is 1.40. The van der Waals surface area contributed by atoms with Gasteiger partial charge in [-0.2, -0.15) is 5.10 Å². The third-order valence-electron chi connectivity index (χ3n) is 2.46. The molecule has 0 aliphatic rings. The Labute approximate surface area is 105 Å². The number of aryl methyl sites for hydroxylation is 1. The van der Waals surface area contributed by atoms with Crippen LogP contribution in [0.3, 0.4) is 0 Å². The van der Waals surface area contributed by atoms with Crippen LogP contribution < -0.4 is 5.32 Å². The van der Waals surface area contributed by atoms with E-state index >= 15 is 0 Å². The summed E-state index contributed by atoms with van der Waals surface area (Å²) in [5.74, 6) is 1.17. The van der Waals surface area contributed by atoms with Crippen molar-refractivity contribution < 1.29 is 4.79 Å². The van der Waals surface area contributed by atoms with E-state index in [9.17, 15) is 4.79 Å². The van der Waals surface area contributed by atoms with E-state index in [-0.39, 0.29) is 17.6 Å². The van der Waals surface area contributed by atoms with Crippen molar-refractivity contribution in [2.24, 2.45) is 0 Å². The fourth-order valence-electron chi connectivity index (χ4n) is 1.41. The number of aromatic amines is 1. The topological polar surface area (TPSA) is 88.5 Å². The summed E-state index contributed by atoms with van der Waals surface area (Å²) < 4.78 is 1.73. The molecular weight excluding hydrogens is 232 g/mol. The van der Waals surface area contributed by atoms with Gasteiger partial charge < -0.3 is 5.32 Å². The summed E-state index contributed by atoms with van der Waals surface area (Å²) in [5.41, 5.74) is 0. The lowest BCUT2D eigenvalue weighted by Gasteiger charge is -1.98. The zero-order valence-corrected chi connectivity index (χ0v) is 10.6. The van der Waals surface area contributed by atoms with Gasteiger partial charge in [0, 0.05) is 24.7 Å². The van der Waals surface area contributed by atoms with Gasteiger partial charge in [0.1, 0.15) is 5.82 Å². The normalized spacial score (nSPS) is 10.9. The standard InChI is InChI=1S/C11H16N6O/c1-4-17-6-5-8(16-17)12-11(18)10-13-9(7(2)3)14-15-10/h5-7H,4H2,1-3H3,(H,12,16,18)(H,13,14,15). The molecule has 0 atom stereocenters. The minimum absolute atomic E-state index is 0.129. The van der Waals surface area contributed by atoms with Crippen LogP contribution in [-0.4, -0.2) is 30.9 Å². The minimum Gasteiger partial charge on any atom is -0.302 e. The summed E-state index contributed by atoms with van der Waals surface area (Å²) in [4.78, 5) is 16.0. The van der Waals surface area contributed by atoms with Crippen LogP contribution in [0.1, 0.15) is 43.1 Å². The van der Waals surface area contributed by atoms with E-state index in [4.69, 9.17) is 0 Å². The van der Waals surface area contributed by atoms with Gasteiger partial charge in [0.25, 0.3) is 5.91 Å². The predicted molar refractivity (Wildman–Crippen MR) is 66.3 cm³/mol. The molecular formula is C11H16N6O. The van der Waals surface area contributed by atoms with Crippen molar-refractivity contribution in [1.29, 1.82) is 0 Å². The number of carbonyl (C=O) groups excluding carboxylic acids is 1. The molecule has 0 aliphatic carbocycles. The first-order valence-corrected chi connectivity index (χ1v) is 5.87. The third kappa shape index (κ3) is 2.55. The van der Waals surface area contributed by atoms with Gasteiger partial charge in [-0.05, 0) is 6.92 Å². The van der Waals surface area contributed by atoms with Crippen molar-refractivity contribution in [2.45, 2.75) is 33.2 Å². The molecule has 0 unspecified atom stereocenters. The van der Waals surface area contributed by atoms with E-state index in [1.165, 1.54) is 0 Å². The Morgan fingerprint density at radius 2 is 2.33 bits per heavy atom. The molecule has 2 aromatic rings. The highest BCUT2D eigenvalue weighted by molar-refractivity contribution is 6.00. The van der Waals surface area contributed by atoms with Crippen LogP contribution in [0.25, 0.3) is 0 Å². The van der Waals surface area contributed by atoms with Crippen LogP contribution in [0.4, 0.5) is 5.82 Å². The average Bonchev–Trinajstić information content (AvgIpc) is 2.97. The Hall–Kier alpha value is -2.18. The maximum absolute atomic E-state index is 11.8. The van der Waals surface area contributed by atoms with Crippen LogP contribution >= 0.6 is 0 Å². The maximum atomic E-state index is 11.8. The quantitative estimate of drug-likeness (QED) is 0.855. The van der Waals surface area contributed by atoms with Crippen molar-refractivity contribution >= 4 is 11.7 Å². The van der Waals surface area contributed by atoms with E-state index in [1.807, 2.05) is 20.8 Å². The second-order valence-corrected chi connectivity index (χ2v) is 4.21. The summed E-state index contributed by atoms with van der Waals surface area (Å²) in [5, 5.41) is 13.4. The largest absolute Gasteiger partial charge is 0.302 e. The molecule has 0 bridgehead atoms. The zero-order valence-electron chi connectivity index (χ0n) is 10.6. The van der Waals surface area contributed by atoms with Crippen molar-refractivity contribution in [3.05, 3.63) is 23.9 Å². The van der Waals surface area contributed by atoms with Gasteiger partial charge in [-0.15, -0.1) is 5.10 Å². The van der Waals surface area contributed by atoms with Crippen LogP contribution in [0.2, 0.25) is 0 Å². The van der Waals surface area contributed by atoms with Gasteiger partial charge in [-0.25, -0.2) is 4.98 Å². The summed E-state index contributed by atoms with van der Waals surface area (Å²) in [6, 6.07) is 1.73. The molecule has 2 rings (SSSR count). The molecule has 0 saturated heterocycles. The SMILES string of the molecule is CCn1ccc(NC(=O)c2n[nH]c(C(C)C)n2)n1. The maximum Gasteiger partial charge on any atom is 0.296 e. The van der Waals surface area contributed by atoms with E-state index in [2.05, 4.69) is 25.6 Å². The molecule has 2 aromatic heterocycles. The molecule has 1 amide bonds. The Balaban J connectivity index is 2.06. The van der Waals surface area contributed by atoms with Crippen LogP contribution in [0.5, 0.6) is 0 Å². The highest BCUT2D eigenvalue weighted by Crippen LogP contribution is 2.09. The lowest BCUT2D eigenvalue weighted by Crippen LogP contribution is -2.14. The van der Waals surface area contributed by atoms with Crippen molar-refractivity contribution in [1.82, 2.24) is 25.0 Å². The van der Waals surface area contributed by atoms with Crippen LogP contribution in [0.15, 0.2) is 12.3 Å². The molecule has 0 radical (unpaired) electrons. The molecule has 2 N–H and O–H groups in total. The molecule has 7 heteroatoms. The molecule has 0 aromatic carbocycles. The van der Waals surface area contributed by atoms with Gasteiger partial charge in [0.05, 0.1) is 0 Å². The van der Waals surface area contributed by atoms with Crippen molar-refractivity contribution in [2.75, 3.05) is 5.32 Å². The van der Waals surface area contributed by atoms with Gasteiger partial charge in [-0.3, -0.25) is 14.6 Å². The van der Waals surface area contributed by atoms with Crippen molar-refractivity contribution in [3.63, 3.8) is 0 Å². The second-order valence-electron chi connectivity index (χ2n) is 4.21. The fourth-order valence-corrected chi connectivity index (χ4v) is 1.41. The van der Waals surface area contributed by atoms with E-state index in [0.29, 0.717) is 11.6 Å². The number of H-pyrrole nitrogens is 1. The Morgan fingerprint density at radius 1 is 1.56 bits per heavy atom. The molecule has 0 saturated carbocycles. The number of nitrogens with one attached hydrogen (secondary N) is 2. The minimum atomic E-state index is -0.362. The average molecular weight is 248 g/mol. The fraction of sp³-hybridized carbons (Fsp3) is 0.455. The Kier molecular flexibility index (Phi) is 3.40. The lowest BCUT2D eigenvalue weighted by atomic mass is 10.2. The number of anilines is 1. The van der Waals surface area contributed by atoms with Gasteiger partial charge in [-0.1, -0.05) is 13.8 Å². The third-order valence-corrected chi connectivity index (χ3v) is 2.46. The summed E-state index contributed by atoms with van der Waals surface area (Å²) in [6.45, 7) is 6.69. The number of hydrogen-bond acceptors (Lipinski definition) is 4. The number of aromatic nitrogens is 5. The molecule has 0 aliphatic heterocycles. The Bertz CT molecular complexity index is 541. The first-order valence-electron chi connectivity index (χ1n) is 5.87. The highest BCUT2D eigenvalue weighted by Gasteiger charge is 2.14. The number of amides is 1. The number of carbonyl (C=O) groups is 1. The van der Waals surface area contributed by atoms with Crippen molar-refractivity contribution in [3.8, 4) is 0 Å². The van der Waals surface area contributed by atoms with E-state index < -0.39 is 0 Å². The highest BCUT2D eigenvalue weighted by atomic mass is 16.2. The first kappa shape index (κ1) is 12.3. The zero-order chi connectivity index (χ0) is 13.1. The van der Waals surface area contributed by atoms with Gasteiger partial charge in [0.2, 0.25) is 5.82 Å². The number of hydrogen-bond donors (Lipinski definition) is 2. The molecule has 0 spiro atoms. The summed E-state index contributed by atoms with van der Waals surface area (Å²) in [7, 11) is 0. The van der Waals surface area contributed by atoms with Crippen LogP contribution in [-0.2, 0) is 6.54 Å². The number of rotatable bonds is 4. The summed E-state index contributed by atoms with van der Waals surface area (Å²) >= 11 is 0.